The molecule has 9 heteroatoms. The second-order valence-electron chi connectivity index (χ2n) is 18.5. The molecular weight excluding hydrogens is 744 g/mol. The third-order valence-electron chi connectivity index (χ3n) is 11.5. The van der Waals surface area contributed by atoms with Crippen molar-refractivity contribution < 1.29 is 32.9 Å². The summed E-state index contributed by atoms with van der Waals surface area (Å²) >= 11 is 0. The molecule has 0 heterocycles. The van der Waals surface area contributed by atoms with Gasteiger partial charge in [0, 0.05) is 6.42 Å². The lowest BCUT2D eigenvalue weighted by atomic mass is 10.0. The van der Waals surface area contributed by atoms with Gasteiger partial charge >= 0.3 is 7.82 Å². The zero-order valence-electron chi connectivity index (χ0n) is 39.3. The molecule has 0 aliphatic rings. The zero-order valence-corrected chi connectivity index (χ0v) is 40.2. The van der Waals surface area contributed by atoms with E-state index in [1.807, 2.05) is 21.1 Å². The van der Waals surface area contributed by atoms with Crippen LogP contribution >= 0.6 is 7.82 Å². The third-order valence-corrected chi connectivity index (χ3v) is 12.5. The highest BCUT2D eigenvalue weighted by Gasteiger charge is 2.28. The smallest absolute Gasteiger partial charge is 0.391 e. The van der Waals surface area contributed by atoms with E-state index in [1.54, 1.807) is 0 Å². The van der Waals surface area contributed by atoms with Gasteiger partial charge in [0.05, 0.1) is 39.9 Å². The molecule has 1 amide bonds. The van der Waals surface area contributed by atoms with Gasteiger partial charge in [-0.15, -0.1) is 0 Å². The molecule has 0 aromatic carbocycles. The molecule has 0 saturated heterocycles. The molecule has 3 N–H and O–H groups in total. The molecule has 0 aliphatic heterocycles. The highest BCUT2D eigenvalue weighted by molar-refractivity contribution is 7.47. The number of nitrogens with one attached hydrogen (secondary N) is 1. The SMILES string of the molecule is CCCCCCCC/C=C/CCCCCCCCCCCCCC(=O)N[C@@H](COP(=O)(O)OCC[N+](C)(C)C)[C@H](O)CCCCCCCCCCCCCCCCC. The normalized spacial score (nSPS) is 14.3. The number of quaternary nitrogens is 1. The molecule has 0 aromatic heterocycles. The molecule has 58 heavy (non-hydrogen) atoms. The Bertz CT molecular complexity index is 958. The molecule has 0 radical (unpaired) electrons. The van der Waals surface area contributed by atoms with Gasteiger partial charge in [-0.3, -0.25) is 13.8 Å². The number of unbranched alkanes of at least 4 members (excludes halogenated alkanes) is 31. The quantitative estimate of drug-likeness (QED) is 0.0244. The number of carbonyl (C=O) groups is 1. The van der Waals surface area contributed by atoms with E-state index in [4.69, 9.17) is 9.05 Å². The minimum absolute atomic E-state index is 0.0768. The maximum atomic E-state index is 12.9. The Morgan fingerprint density at radius 3 is 1.33 bits per heavy atom. The molecule has 0 spiro atoms. The second kappa shape index (κ2) is 41.6. The van der Waals surface area contributed by atoms with Crippen LogP contribution in [0.25, 0.3) is 0 Å². The Morgan fingerprint density at radius 1 is 0.569 bits per heavy atom. The summed E-state index contributed by atoms with van der Waals surface area (Å²) in [6.45, 7) is 4.91. The number of phosphoric acid groups is 1. The third kappa shape index (κ3) is 43.3. The van der Waals surface area contributed by atoms with Crippen molar-refractivity contribution in [2.75, 3.05) is 40.9 Å². The van der Waals surface area contributed by atoms with Gasteiger partial charge < -0.3 is 19.8 Å². The van der Waals surface area contributed by atoms with E-state index >= 15 is 0 Å². The van der Waals surface area contributed by atoms with Gasteiger partial charge in [-0.1, -0.05) is 212 Å². The van der Waals surface area contributed by atoms with E-state index in [0.717, 1.165) is 38.5 Å². The minimum atomic E-state index is -4.31. The number of aliphatic hydroxyl groups is 1. The number of allylic oxidation sites excluding steroid dienone is 2. The van der Waals surface area contributed by atoms with E-state index in [9.17, 15) is 19.4 Å². The number of amides is 1. The lowest BCUT2D eigenvalue weighted by molar-refractivity contribution is -0.870. The minimum Gasteiger partial charge on any atom is -0.391 e. The summed E-state index contributed by atoms with van der Waals surface area (Å²) in [6.07, 6.45) is 48.1. The molecule has 0 rings (SSSR count). The average molecular weight is 844 g/mol. The van der Waals surface area contributed by atoms with Crippen molar-refractivity contribution in [3.8, 4) is 0 Å². The Labute approximate surface area is 361 Å². The van der Waals surface area contributed by atoms with E-state index < -0.39 is 20.0 Å². The molecule has 346 valence electrons. The number of hydrogen-bond acceptors (Lipinski definition) is 5. The van der Waals surface area contributed by atoms with Crippen LogP contribution in [0.15, 0.2) is 12.2 Å². The molecule has 1 unspecified atom stereocenters. The van der Waals surface area contributed by atoms with Crippen LogP contribution in [0, 0.1) is 0 Å². The van der Waals surface area contributed by atoms with Gasteiger partial charge in [0.2, 0.25) is 5.91 Å². The summed E-state index contributed by atoms with van der Waals surface area (Å²) in [5, 5.41) is 14.0. The zero-order chi connectivity index (χ0) is 42.8. The first-order valence-electron chi connectivity index (χ1n) is 25.1. The first kappa shape index (κ1) is 57.2. The predicted octanol–water partition coefficient (Wildman–Crippen LogP) is 14.3. The Hall–Kier alpha value is -0.760. The second-order valence-corrected chi connectivity index (χ2v) is 20.0. The highest BCUT2D eigenvalue weighted by Crippen LogP contribution is 2.43. The summed E-state index contributed by atoms with van der Waals surface area (Å²) in [5.74, 6) is -0.142. The first-order valence-corrected chi connectivity index (χ1v) is 26.5. The Morgan fingerprint density at radius 2 is 0.931 bits per heavy atom. The van der Waals surface area contributed by atoms with Crippen LogP contribution in [-0.2, 0) is 18.4 Å². The van der Waals surface area contributed by atoms with E-state index in [1.165, 1.54) is 180 Å². The molecule has 0 aliphatic carbocycles. The van der Waals surface area contributed by atoms with Crippen molar-refractivity contribution in [2.45, 2.75) is 257 Å². The number of phosphoric ester groups is 1. The predicted molar refractivity (Wildman–Crippen MR) is 249 cm³/mol. The summed E-state index contributed by atoms with van der Waals surface area (Å²) in [5.41, 5.74) is 0. The summed E-state index contributed by atoms with van der Waals surface area (Å²) < 4.78 is 23.7. The van der Waals surface area contributed by atoms with Gasteiger partial charge in [-0.25, -0.2) is 4.57 Å². The van der Waals surface area contributed by atoms with E-state index in [-0.39, 0.29) is 19.1 Å². The number of rotatable bonds is 46. The molecule has 0 bridgehead atoms. The van der Waals surface area contributed by atoms with Crippen LogP contribution in [0.4, 0.5) is 0 Å². The Balaban J connectivity index is 4.23. The van der Waals surface area contributed by atoms with Gasteiger partial charge in [0.1, 0.15) is 13.2 Å². The summed E-state index contributed by atoms with van der Waals surface area (Å²) in [4.78, 5) is 23.2. The van der Waals surface area contributed by atoms with Crippen molar-refractivity contribution in [3.05, 3.63) is 12.2 Å². The lowest BCUT2D eigenvalue weighted by Crippen LogP contribution is -2.46. The number of likely N-dealkylation sites (N-methyl/N-ethyl adjacent to an activating group) is 1. The van der Waals surface area contributed by atoms with Crippen molar-refractivity contribution in [1.82, 2.24) is 5.32 Å². The summed E-state index contributed by atoms with van der Waals surface area (Å²) in [6, 6.07) is -0.756. The molecule has 3 atom stereocenters. The van der Waals surface area contributed by atoms with Crippen molar-refractivity contribution in [2.24, 2.45) is 0 Å². The van der Waals surface area contributed by atoms with Crippen LogP contribution in [0.3, 0.4) is 0 Å². The van der Waals surface area contributed by atoms with Crippen LogP contribution in [0.2, 0.25) is 0 Å². The van der Waals surface area contributed by atoms with Gasteiger partial charge in [0.15, 0.2) is 0 Å². The number of aliphatic hydroxyl groups excluding tert-OH is 1. The van der Waals surface area contributed by atoms with Crippen LogP contribution in [-0.4, -0.2) is 73.4 Å². The van der Waals surface area contributed by atoms with Gasteiger partial charge in [0.25, 0.3) is 0 Å². The van der Waals surface area contributed by atoms with Crippen molar-refractivity contribution in [3.63, 3.8) is 0 Å². The maximum Gasteiger partial charge on any atom is 0.472 e. The van der Waals surface area contributed by atoms with E-state index in [0.29, 0.717) is 23.9 Å². The highest BCUT2D eigenvalue weighted by atomic mass is 31.2. The van der Waals surface area contributed by atoms with Crippen LogP contribution in [0.1, 0.15) is 245 Å². The molecule has 0 aromatic rings. The lowest BCUT2D eigenvalue weighted by Gasteiger charge is -2.26. The van der Waals surface area contributed by atoms with Crippen LogP contribution in [0.5, 0.6) is 0 Å². The fraction of sp³-hybridized carbons (Fsp3) is 0.939. The first-order chi connectivity index (χ1) is 28.0. The largest absolute Gasteiger partial charge is 0.472 e. The van der Waals surface area contributed by atoms with Gasteiger partial charge in [-0.2, -0.15) is 0 Å². The molecule has 0 saturated carbocycles. The standard InChI is InChI=1S/C49H99N2O6P/c1-6-8-10-12-14-16-18-20-22-23-24-25-26-27-29-31-33-35-37-39-41-43-49(53)50-47(46-57-58(54,55)56-45-44-51(3,4)5)48(52)42-40-38-36-34-32-30-28-21-19-17-15-13-11-9-7-2/h20,22,47-48,52H,6-19,21,23-46H2,1-5H3,(H-,50,53,54,55)/p+1/b22-20+/t47-,48+/m0/s1. The van der Waals surface area contributed by atoms with Gasteiger partial charge in [-0.05, 0) is 38.5 Å². The topological polar surface area (TPSA) is 105 Å². The molecule has 8 nitrogen and oxygen atoms in total. The van der Waals surface area contributed by atoms with Crippen molar-refractivity contribution in [1.29, 1.82) is 0 Å². The van der Waals surface area contributed by atoms with Crippen molar-refractivity contribution >= 4 is 13.7 Å². The average Bonchev–Trinajstić information content (AvgIpc) is 3.17. The molecule has 0 fully saturated rings. The number of hydrogen-bond donors (Lipinski definition) is 3. The monoisotopic (exact) mass is 844 g/mol. The van der Waals surface area contributed by atoms with E-state index in [2.05, 4.69) is 31.3 Å². The fourth-order valence-corrected chi connectivity index (χ4v) is 8.25. The number of carbonyl (C=O) groups excluding carboxylic acids is 1. The molecular formula is C49H100N2O6P+. The Kier molecular flexibility index (Phi) is 41.0. The summed E-state index contributed by atoms with van der Waals surface area (Å²) in [7, 11) is 1.62. The van der Waals surface area contributed by atoms with Crippen LogP contribution < -0.4 is 5.32 Å². The number of nitrogens with zero attached hydrogens (tertiary/aromatic N) is 1. The fourth-order valence-electron chi connectivity index (χ4n) is 7.51. The maximum absolute atomic E-state index is 12.9.